The number of anilines is 1. The number of rotatable bonds is 3. The molecule has 8 nitrogen and oxygen atoms in total. The molecule has 0 bridgehead atoms. The van der Waals surface area contributed by atoms with E-state index in [4.69, 9.17) is 21.7 Å². The molecule has 1 aliphatic rings. The molecule has 3 rings (SSSR count). The molecule has 1 amide bonds. The first kappa shape index (κ1) is 16.7. The Kier molecular flexibility index (Phi) is 4.75. The van der Waals surface area contributed by atoms with Crippen LogP contribution in [0.15, 0.2) is 42.5 Å². The summed E-state index contributed by atoms with van der Waals surface area (Å²) in [6.07, 6.45) is 0. The molecule has 2 N–H and O–H groups in total. The zero-order valence-electron chi connectivity index (χ0n) is 12.9. The maximum atomic E-state index is 12.3. The van der Waals surface area contributed by atoms with E-state index in [9.17, 15) is 14.9 Å². The quantitative estimate of drug-likeness (QED) is 0.493. The highest BCUT2D eigenvalue weighted by Crippen LogP contribution is 2.30. The van der Waals surface area contributed by atoms with Crippen molar-refractivity contribution in [3.8, 4) is 11.5 Å². The number of hydrogen-bond acceptors (Lipinski definition) is 6. The number of fused-ring (bicyclic) bond motifs is 1. The van der Waals surface area contributed by atoms with Gasteiger partial charge in [-0.2, -0.15) is 0 Å². The lowest BCUT2D eigenvalue weighted by Gasteiger charge is -2.18. The van der Waals surface area contributed by atoms with E-state index in [2.05, 4.69) is 10.6 Å². The minimum Gasteiger partial charge on any atom is -0.486 e. The fourth-order valence-corrected chi connectivity index (χ4v) is 2.43. The zero-order chi connectivity index (χ0) is 17.8. The summed E-state index contributed by atoms with van der Waals surface area (Å²) in [7, 11) is 0. The van der Waals surface area contributed by atoms with Gasteiger partial charge in [0.05, 0.1) is 4.92 Å². The highest BCUT2D eigenvalue weighted by atomic mass is 32.1. The van der Waals surface area contributed by atoms with E-state index in [-0.39, 0.29) is 10.8 Å². The summed E-state index contributed by atoms with van der Waals surface area (Å²) in [5, 5.41) is 16.1. The first-order valence-corrected chi connectivity index (χ1v) is 7.70. The molecule has 128 valence electrons. The van der Waals surface area contributed by atoms with E-state index in [0.717, 1.165) is 0 Å². The van der Waals surface area contributed by atoms with Crippen molar-refractivity contribution in [2.24, 2.45) is 0 Å². The van der Waals surface area contributed by atoms with Crippen molar-refractivity contribution in [3.05, 3.63) is 58.1 Å². The Bertz CT molecular complexity index is 855. The molecule has 1 aliphatic heterocycles. The number of carbonyl (C=O) groups excluding carboxylic acids is 1. The molecule has 0 aromatic heterocycles. The minimum absolute atomic E-state index is 0.0281. The summed E-state index contributed by atoms with van der Waals surface area (Å²) < 4.78 is 10.8. The van der Waals surface area contributed by atoms with Crippen LogP contribution in [0.4, 0.5) is 11.4 Å². The summed E-state index contributed by atoms with van der Waals surface area (Å²) in [6.45, 7) is 0.889. The van der Waals surface area contributed by atoms with Crippen molar-refractivity contribution in [2.45, 2.75) is 0 Å². The molecule has 0 spiro atoms. The first-order valence-electron chi connectivity index (χ1n) is 7.29. The molecule has 0 saturated heterocycles. The average Bonchev–Trinajstić information content (AvgIpc) is 2.61. The topological polar surface area (TPSA) is 103 Å². The minimum atomic E-state index is -0.512. The molecule has 2 aromatic rings. The van der Waals surface area contributed by atoms with Crippen molar-refractivity contribution < 1.29 is 19.2 Å². The van der Waals surface area contributed by atoms with E-state index in [0.29, 0.717) is 36.0 Å². The van der Waals surface area contributed by atoms with E-state index in [1.165, 1.54) is 18.2 Å². The molecule has 2 aromatic carbocycles. The second-order valence-corrected chi connectivity index (χ2v) is 5.48. The van der Waals surface area contributed by atoms with Crippen LogP contribution in [0.25, 0.3) is 0 Å². The average molecular weight is 359 g/mol. The van der Waals surface area contributed by atoms with Gasteiger partial charge < -0.3 is 14.8 Å². The zero-order valence-corrected chi connectivity index (χ0v) is 13.7. The molecular weight excluding hydrogens is 346 g/mol. The van der Waals surface area contributed by atoms with Crippen LogP contribution in [-0.2, 0) is 0 Å². The number of nitrogens with one attached hydrogen (secondary N) is 2. The number of thiocarbonyl (C=S) groups is 1. The molecule has 9 heteroatoms. The van der Waals surface area contributed by atoms with Crippen molar-refractivity contribution in [2.75, 3.05) is 18.5 Å². The Morgan fingerprint density at radius 1 is 1.12 bits per heavy atom. The number of hydrogen-bond donors (Lipinski definition) is 2. The van der Waals surface area contributed by atoms with Crippen LogP contribution >= 0.6 is 12.2 Å². The van der Waals surface area contributed by atoms with Crippen molar-refractivity contribution in [1.82, 2.24) is 5.32 Å². The summed E-state index contributed by atoms with van der Waals surface area (Å²) in [5.74, 6) is 0.650. The first-order chi connectivity index (χ1) is 12.0. The van der Waals surface area contributed by atoms with Gasteiger partial charge in [0.1, 0.15) is 13.2 Å². The Morgan fingerprint density at radius 2 is 1.88 bits per heavy atom. The molecule has 0 atom stereocenters. The van der Waals surface area contributed by atoms with E-state index in [1.807, 2.05) is 0 Å². The Morgan fingerprint density at radius 3 is 2.64 bits per heavy atom. The van der Waals surface area contributed by atoms with Gasteiger partial charge in [-0.3, -0.25) is 20.2 Å². The summed E-state index contributed by atoms with van der Waals surface area (Å²) >= 11 is 5.07. The predicted molar refractivity (Wildman–Crippen MR) is 94.2 cm³/mol. The lowest BCUT2D eigenvalue weighted by molar-refractivity contribution is -0.384. The van der Waals surface area contributed by atoms with Crippen LogP contribution < -0.4 is 20.1 Å². The van der Waals surface area contributed by atoms with E-state index < -0.39 is 10.8 Å². The monoisotopic (exact) mass is 359 g/mol. The maximum Gasteiger partial charge on any atom is 0.271 e. The number of benzene rings is 2. The molecule has 25 heavy (non-hydrogen) atoms. The Labute approximate surface area is 147 Å². The van der Waals surface area contributed by atoms with Crippen LogP contribution in [0.2, 0.25) is 0 Å². The third-order valence-corrected chi connectivity index (χ3v) is 3.55. The van der Waals surface area contributed by atoms with Crippen LogP contribution in [-0.4, -0.2) is 29.2 Å². The Hall–Kier alpha value is -3.20. The van der Waals surface area contributed by atoms with Gasteiger partial charge in [-0.25, -0.2) is 0 Å². The van der Waals surface area contributed by atoms with Crippen LogP contribution in [0, 0.1) is 10.1 Å². The predicted octanol–water partition coefficient (Wildman–Crippen LogP) is 2.49. The van der Waals surface area contributed by atoms with E-state index in [1.54, 1.807) is 24.3 Å². The number of carbonyl (C=O) groups is 1. The number of ether oxygens (including phenoxy) is 2. The largest absolute Gasteiger partial charge is 0.486 e. The van der Waals surface area contributed by atoms with Crippen LogP contribution in [0.5, 0.6) is 11.5 Å². The fraction of sp³-hybridized carbons (Fsp3) is 0.125. The van der Waals surface area contributed by atoms with E-state index >= 15 is 0 Å². The molecule has 0 aliphatic carbocycles. The standard InChI is InChI=1S/C16H13N3O5S/c20-15(10-4-5-13-14(8-10)24-7-6-23-13)18-16(25)17-11-2-1-3-12(9-11)19(21)22/h1-5,8-9H,6-7H2,(H2,17,18,20,25). The number of amides is 1. The summed E-state index contributed by atoms with van der Waals surface area (Å²) in [5.41, 5.74) is 0.681. The van der Waals surface area contributed by atoms with Crippen molar-refractivity contribution in [3.63, 3.8) is 0 Å². The fourth-order valence-electron chi connectivity index (χ4n) is 2.22. The molecule has 0 unspecified atom stereocenters. The Balaban J connectivity index is 1.65. The molecule has 1 heterocycles. The highest BCUT2D eigenvalue weighted by Gasteiger charge is 2.16. The smallest absolute Gasteiger partial charge is 0.271 e. The van der Waals surface area contributed by atoms with Gasteiger partial charge in [0, 0.05) is 23.4 Å². The highest BCUT2D eigenvalue weighted by molar-refractivity contribution is 7.80. The summed E-state index contributed by atoms with van der Waals surface area (Å²) in [6, 6.07) is 10.6. The van der Waals surface area contributed by atoms with Gasteiger partial charge in [0.2, 0.25) is 0 Å². The SMILES string of the molecule is O=C(NC(=S)Nc1cccc([N+](=O)[O-])c1)c1ccc2c(c1)OCCO2. The molecule has 0 fully saturated rings. The summed E-state index contributed by atoms with van der Waals surface area (Å²) in [4.78, 5) is 22.5. The lowest BCUT2D eigenvalue weighted by atomic mass is 10.2. The van der Waals surface area contributed by atoms with Gasteiger partial charge in [-0.05, 0) is 36.5 Å². The molecule has 0 saturated carbocycles. The number of nitro groups is 1. The third kappa shape index (κ3) is 4.01. The van der Waals surface area contributed by atoms with Crippen LogP contribution in [0.1, 0.15) is 10.4 Å². The van der Waals surface area contributed by atoms with Crippen molar-refractivity contribution in [1.29, 1.82) is 0 Å². The van der Waals surface area contributed by atoms with Crippen molar-refractivity contribution >= 4 is 34.6 Å². The second-order valence-electron chi connectivity index (χ2n) is 5.07. The van der Waals surface area contributed by atoms with Gasteiger partial charge in [-0.1, -0.05) is 6.07 Å². The van der Waals surface area contributed by atoms with Crippen LogP contribution in [0.3, 0.4) is 0 Å². The van der Waals surface area contributed by atoms with Gasteiger partial charge in [0.15, 0.2) is 16.6 Å². The van der Waals surface area contributed by atoms with Gasteiger partial charge in [0.25, 0.3) is 11.6 Å². The van der Waals surface area contributed by atoms with Gasteiger partial charge >= 0.3 is 0 Å². The third-order valence-electron chi connectivity index (χ3n) is 3.35. The molecule has 0 radical (unpaired) electrons. The number of non-ortho nitro benzene ring substituents is 1. The lowest BCUT2D eigenvalue weighted by Crippen LogP contribution is -2.34. The maximum absolute atomic E-state index is 12.3. The van der Waals surface area contributed by atoms with Gasteiger partial charge in [-0.15, -0.1) is 0 Å². The number of nitrogens with zero attached hydrogens (tertiary/aromatic N) is 1. The normalized spacial score (nSPS) is 12.2. The number of nitro benzene ring substituents is 1. The molecular formula is C16H13N3O5S. The second kappa shape index (κ2) is 7.14.